The van der Waals surface area contributed by atoms with Gasteiger partial charge in [-0.2, -0.15) is 0 Å². The molecule has 0 aromatic carbocycles. The van der Waals surface area contributed by atoms with Crippen LogP contribution in [0.15, 0.2) is 0 Å². The van der Waals surface area contributed by atoms with E-state index in [1.807, 2.05) is 55.4 Å². The third-order valence-electron chi connectivity index (χ3n) is 0. The van der Waals surface area contributed by atoms with Gasteiger partial charge in [0.05, 0.1) is 0 Å². The number of terminal acetylenes is 1. The second-order valence-corrected chi connectivity index (χ2v) is 0.289. The first-order valence-electron chi connectivity index (χ1n) is 4.79. The van der Waals surface area contributed by atoms with Crippen molar-refractivity contribution >= 4 is 0 Å². The molecule has 0 radical (unpaired) electrons. The first-order chi connectivity index (χ1) is 5.41. The quantitative estimate of drug-likeness (QED) is 0.449. The Morgan fingerprint density at radius 1 is 0.636 bits per heavy atom. The van der Waals surface area contributed by atoms with Crippen molar-refractivity contribution < 1.29 is 0 Å². The Balaban J connectivity index is -0.0000000139. The highest BCUT2D eigenvalue weighted by atomic mass is 13.2. The molecular formula is C11H28. The molecule has 0 fully saturated rings. The third kappa shape index (κ3) is 2820. The Hall–Kier alpha value is -0.440. The summed E-state index contributed by atoms with van der Waals surface area (Å²) in [7, 11) is 0. The minimum atomic E-state index is 1.65. The lowest BCUT2D eigenvalue weighted by Gasteiger charge is -1.23. The van der Waals surface area contributed by atoms with Crippen molar-refractivity contribution in [2.45, 2.75) is 62.3 Å². The molecule has 0 bridgehead atoms. The number of hydrogen-bond donors (Lipinski definition) is 0. The van der Waals surface area contributed by atoms with E-state index in [2.05, 4.69) is 12.3 Å². The molecule has 0 aromatic rings. The summed E-state index contributed by atoms with van der Waals surface area (Å²) >= 11 is 0. The molecule has 11 heavy (non-hydrogen) atoms. The van der Waals surface area contributed by atoms with Crippen LogP contribution in [0.3, 0.4) is 0 Å². The summed E-state index contributed by atoms with van der Waals surface area (Å²) in [5.74, 6) is 2.25. The van der Waals surface area contributed by atoms with Gasteiger partial charge in [0.25, 0.3) is 0 Å². The summed E-state index contributed by atoms with van der Waals surface area (Å²) in [6.45, 7) is 17.7. The molecule has 0 rings (SSSR count). The van der Waals surface area contributed by atoms with Crippen molar-refractivity contribution in [3.63, 3.8) is 0 Å². The van der Waals surface area contributed by atoms with Gasteiger partial charge in [0, 0.05) is 0 Å². The lowest BCUT2D eigenvalue weighted by Crippen LogP contribution is -1.10. The van der Waals surface area contributed by atoms with Crippen LogP contribution in [0.4, 0.5) is 0 Å². The molecule has 0 amide bonds. The zero-order valence-corrected chi connectivity index (χ0v) is 10.1. The highest BCUT2D eigenvalue weighted by Crippen LogP contribution is 1.21. The van der Waals surface area contributed by atoms with E-state index in [-0.39, 0.29) is 0 Å². The van der Waals surface area contributed by atoms with Crippen molar-refractivity contribution in [1.29, 1.82) is 0 Å². The Bertz CT molecular complexity index is 21.5. The van der Waals surface area contributed by atoms with E-state index >= 15 is 0 Å². The van der Waals surface area contributed by atoms with E-state index in [0.29, 0.717) is 0 Å². The molecule has 0 aliphatic carbocycles. The van der Waals surface area contributed by atoms with Crippen molar-refractivity contribution in [2.24, 2.45) is 0 Å². The SMILES string of the molecule is C#CC.CC.CC.CC.CC. The number of hydrogen-bond acceptors (Lipinski definition) is 0. The Labute approximate surface area is 75.4 Å². The maximum Gasteiger partial charge on any atom is -0.00297 e. The maximum atomic E-state index is 4.60. The predicted octanol–water partition coefficient (Wildman–Crippen LogP) is 4.74. The van der Waals surface area contributed by atoms with Gasteiger partial charge in [-0.1, -0.05) is 55.4 Å². The molecule has 0 N–H and O–H groups in total. The van der Waals surface area contributed by atoms with E-state index < -0.39 is 0 Å². The molecule has 0 saturated heterocycles. The predicted molar refractivity (Wildman–Crippen MR) is 59.9 cm³/mol. The lowest BCUT2D eigenvalue weighted by atomic mass is 10.9. The van der Waals surface area contributed by atoms with Gasteiger partial charge >= 0.3 is 0 Å². The van der Waals surface area contributed by atoms with Gasteiger partial charge in [0.2, 0.25) is 0 Å². The summed E-state index contributed by atoms with van der Waals surface area (Å²) < 4.78 is 0. The van der Waals surface area contributed by atoms with Crippen LogP contribution in [0.1, 0.15) is 62.3 Å². The van der Waals surface area contributed by atoms with Crippen molar-refractivity contribution in [2.75, 3.05) is 0 Å². The largest absolute Gasteiger partial charge is 0.120 e. The molecule has 0 saturated carbocycles. The monoisotopic (exact) mass is 160 g/mol. The topological polar surface area (TPSA) is 0 Å². The second kappa shape index (κ2) is 2230. The number of rotatable bonds is 0. The summed E-state index contributed by atoms with van der Waals surface area (Å²) in [6, 6.07) is 0. The van der Waals surface area contributed by atoms with Crippen LogP contribution in [-0.4, -0.2) is 0 Å². The van der Waals surface area contributed by atoms with Crippen LogP contribution >= 0.6 is 0 Å². The average molecular weight is 160 g/mol. The van der Waals surface area contributed by atoms with Gasteiger partial charge in [0.1, 0.15) is 0 Å². The molecule has 0 aliphatic heterocycles. The molecule has 72 valence electrons. The molecule has 0 spiro atoms. The normalized spacial score (nSPS) is 2.91. The molecule has 0 aromatic heterocycles. The zero-order chi connectivity index (χ0) is 10.7. The van der Waals surface area contributed by atoms with Crippen LogP contribution in [-0.2, 0) is 0 Å². The molecule has 0 nitrogen and oxygen atoms in total. The summed E-state index contributed by atoms with van der Waals surface area (Å²) in [5, 5.41) is 0. The summed E-state index contributed by atoms with van der Waals surface area (Å²) in [4.78, 5) is 0. The fourth-order valence-corrected chi connectivity index (χ4v) is 0. The van der Waals surface area contributed by atoms with Gasteiger partial charge in [-0.05, 0) is 6.92 Å². The van der Waals surface area contributed by atoms with Gasteiger partial charge in [-0.15, -0.1) is 12.3 Å². The van der Waals surface area contributed by atoms with Gasteiger partial charge in [-0.3, -0.25) is 0 Å². The van der Waals surface area contributed by atoms with Gasteiger partial charge < -0.3 is 0 Å². The minimum absolute atomic E-state index is 1.65. The molecule has 0 unspecified atom stereocenters. The van der Waals surface area contributed by atoms with Crippen molar-refractivity contribution in [1.82, 2.24) is 0 Å². The van der Waals surface area contributed by atoms with Crippen molar-refractivity contribution in [3.05, 3.63) is 0 Å². The standard InChI is InChI=1S/C3H4.4C2H6/c1-3-2;4*1-2/h1H,2H3;4*1-2H3. The van der Waals surface area contributed by atoms with E-state index in [0.717, 1.165) is 0 Å². The van der Waals surface area contributed by atoms with E-state index in [4.69, 9.17) is 0 Å². The average Bonchev–Trinajstić information content (AvgIpc) is 2.18. The van der Waals surface area contributed by atoms with Crippen LogP contribution in [0.5, 0.6) is 0 Å². The van der Waals surface area contributed by atoms with Crippen LogP contribution in [0.25, 0.3) is 0 Å². The molecule has 0 aliphatic rings. The highest BCUT2D eigenvalue weighted by Gasteiger charge is 1.09. The Kier molecular flexibility index (Phi) is 6340. The molecule has 0 heteroatoms. The van der Waals surface area contributed by atoms with Crippen molar-refractivity contribution in [3.8, 4) is 12.3 Å². The fraction of sp³-hybridized carbons (Fsp3) is 0.818. The Morgan fingerprint density at radius 3 is 0.636 bits per heavy atom. The summed E-state index contributed by atoms with van der Waals surface area (Å²) in [5.41, 5.74) is 0. The maximum absolute atomic E-state index is 4.60. The van der Waals surface area contributed by atoms with Gasteiger partial charge in [-0.25, -0.2) is 0 Å². The van der Waals surface area contributed by atoms with E-state index in [9.17, 15) is 0 Å². The zero-order valence-electron chi connectivity index (χ0n) is 10.1. The first kappa shape index (κ1) is 31.2. The van der Waals surface area contributed by atoms with E-state index in [1.165, 1.54) is 0 Å². The van der Waals surface area contributed by atoms with E-state index in [1.54, 1.807) is 6.92 Å². The summed E-state index contributed by atoms with van der Waals surface area (Å²) in [6.07, 6.45) is 4.60. The lowest BCUT2D eigenvalue weighted by molar-refractivity contribution is 1.50. The molecule has 0 atom stereocenters. The van der Waals surface area contributed by atoms with Crippen LogP contribution in [0, 0.1) is 12.3 Å². The molecule has 0 heterocycles. The van der Waals surface area contributed by atoms with Gasteiger partial charge in [0.15, 0.2) is 0 Å². The first-order valence-corrected chi connectivity index (χ1v) is 4.79. The molecular weight excluding hydrogens is 132 g/mol. The third-order valence-corrected chi connectivity index (χ3v) is 0. The fourth-order valence-electron chi connectivity index (χ4n) is 0. The van der Waals surface area contributed by atoms with Crippen LogP contribution < -0.4 is 0 Å². The minimum Gasteiger partial charge on any atom is -0.120 e. The highest BCUT2D eigenvalue weighted by molar-refractivity contribution is 4.73. The van der Waals surface area contributed by atoms with Crippen LogP contribution in [0.2, 0.25) is 0 Å². The second-order valence-electron chi connectivity index (χ2n) is 0.289. The Morgan fingerprint density at radius 2 is 0.636 bits per heavy atom. The smallest absolute Gasteiger partial charge is 0.00297 e.